The van der Waals surface area contributed by atoms with Crippen LogP contribution in [0.25, 0.3) is 0 Å². The van der Waals surface area contributed by atoms with Crippen molar-refractivity contribution >= 4 is 0 Å². The van der Waals surface area contributed by atoms with Crippen molar-refractivity contribution in [1.29, 1.82) is 0 Å². The number of aryl methyl sites for hydroxylation is 3. The molecule has 0 aliphatic carbocycles. The van der Waals surface area contributed by atoms with Gasteiger partial charge in [-0.15, -0.1) is 0 Å². The largest absolute Gasteiger partial charge is 0.360 e. The summed E-state index contributed by atoms with van der Waals surface area (Å²) >= 11 is 0. The van der Waals surface area contributed by atoms with E-state index >= 15 is 0 Å². The number of nitrogens with zero attached hydrogens (tertiary/aromatic N) is 3. The molecule has 80 valence electrons. The van der Waals surface area contributed by atoms with Gasteiger partial charge in [0, 0.05) is 18.8 Å². The van der Waals surface area contributed by atoms with Gasteiger partial charge in [0.15, 0.2) is 0 Å². The SMILES string of the molecule is Cc1cn(C)nc1Cc1onc(C)c1C. The topological polar surface area (TPSA) is 43.9 Å². The Bertz CT molecular complexity index is 482. The molecule has 2 heterocycles. The number of aromatic nitrogens is 3. The molecule has 0 saturated carbocycles. The van der Waals surface area contributed by atoms with Crippen LogP contribution in [0.5, 0.6) is 0 Å². The second-order valence-electron chi connectivity index (χ2n) is 3.93. The van der Waals surface area contributed by atoms with E-state index in [4.69, 9.17) is 4.52 Å². The fourth-order valence-electron chi connectivity index (χ4n) is 1.61. The third-order valence-electron chi connectivity index (χ3n) is 2.70. The molecular formula is C11H15N3O. The molecular weight excluding hydrogens is 190 g/mol. The normalized spacial score (nSPS) is 10.9. The molecule has 15 heavy (non-hydrogen) atoms. The van der Waals surface area contributed by atoms with Gasteiger partial charge < -0.3 is 4.52 Å². The molecule has 0 unspecified atom stereocenters. The van der Waals surface area contributed by atoms with Crippen LogP contribution in [-0.4, -0.2) is 14.9 Å². The van der Waals surface area contributed by atoms with Crippen LogP contribution in [0.2, 0.25) is 0 Å². The molecule has 0 bridgehead atoms. The molecule has 4 heteroatoms. The number of hydrogen-bond acceptors (Lipinski definition) is 3. The summed E-state index contributed by atoms with van der Waals surface area (Å²) in [5, 5.41) is 8.32. The number of hydrogen-bond donors (Lipinski definition) is 0. The van der Waals surface area contributed by atoms with Crippen LogP contribution in [0, 0.1) is 20.8 Å². The van der Waals surface area contributed by atoms with Crippen LogP contribution < -0.4 is 0 Å². The van der Waals surface area contributed by atoms with Crippen LogP contribution in [0.1, 0.15) is 28.3 Å². The van der Waals surface area contributed by atoms with Gasteiger partial charge in [-0.05, 0) is 26.3 Å². The molecule has 0 amide bonds. The molecule has 2 aromatic rings. The summed E-state index contributed by atoms with van der Waals surface area (Å²) in [6, 6.07) is 0. The van der Waals surface area contributed by atoms with Crippen molar-refractivity contribution in [2.45, 2.75) is 27.2 Å². The van der Waals surface area contributed by atoms with Gasteiger partial charge in [0.25, 0.3) is 0 Å². The van der Waals surface area contributed by atoms with Crippen LogP contribution >= 0.6 is 0 Å². The quantitative estimate of drug-likeness (QED) is 0.752. The summed E-state index contributed by atoms with van der Waals surface area (Å²) < 4.78 is 7.09. The van der Waals surface area contributed by atoms with Crippen molar-refractivity contribution in [3.05, 3.63) is 34.5 Å². The smallest absolute Gasteiger partial charge is 0.145 e. The summed E-state index contributed by atoms with van der Waals surface area (Å²) in [6.45, 7) is 6.04. The van der Waals surface area contributed by atoms with Gasteiger partial charge in [-0.1, -0.05) is 5.16 Å². The molecule has 0 N–H and O–H groups in total. The lowest BCUT2D eigenvalue weighted by atomic mass is 10.1. The first-order valence-corrected chi connectivity index (χ1v) is 4.99. The Kier molecular flexibility index (Phi) is 2.34. The molecule has 0 saturated heterocycles. The Morgan fingerprint density at radius 1 is 1.33 bits per heavy atom. The van der Waals surface area contributed by atoms with Crippen molar-refractivity contribution in [1.82, 2.24) is 14.9 Å². The number of rotatable bonds is 2. The van der Waals surface area contributed by atoms with E-state index in [1.807, 2.05) is 31.8 Å². The Morgan fingerprint density at radius 2 is 2.07 bits per heavy atom. The standard InChI is InChI=1S/C11H15N3O/c1-7-6-14(4)12-10(7)5-11-8(2)9(3)13-15-11/h6H,5H2,1-4H3. The molecule has 0 aromatic carbocycles. The van der Waals surface area contributed by atoms with E-state index in [0.717, 1.165) is 29.1 Å². The van der Waals surface area contributed by atoms with E-state index in [1.165, 1.54) is 5.56 Å². The van der Waals surface area contributed by atoms with Gasteiger partial charge in [0.05, 0.1) is 17.8 Å². The molecule has 0 aliphatic rings. The van der Waals surface area contributed by atoms with Crippen molar-refractivity contribution in [3.63, 3.8) is 0 Å². The fourth-order valence-corrected chi connectivity index (χ4v) is 1.61. The predicted molar refractivity (Wildman–Crippen MR) is 56.7 cm³/mol. The van der Waals surface area contributed by atoms with Crippen LogP contribution in [-0.2, 0) is 13.5 Å². The van der Waals surface area contributed by atoms with Gasteiger partial charge in [0.2, 0.25) is 0 Å². The lowest BCUT2D eigenvalue weighted by molar-refractivity contribution is 0.383. The molecule has 4 nitrogen and oxygen atoms in total. The van der Waals surface area contributed by atoms with E-state index in [1.54, 1.807) is 0 Å². The maximum atomic E-state index is 5.26. The van der Waals surface area contributed by atoms with Gasteiger partial charge >= 0.3 is 0 Å². The van der Waals surface area contributed by atoms with E-state index in [-0.39, 0.29) is 0 Å². The molecule has 0 aliphatic heterocycles. The highest BCUT2D eigenvalue weighted by Crippen LogP contribution is 2.17. The average molecular weight is 205 g/mol. The Balaban J connectivity index is 2.29. The molecule has 0 atom stereocenters. The third-order valence-corrected chi connectivity index (χ3v) is 2.70. The Hall–Kier alpha value is -1.58. The van der Waals surface area contributed by atoms with E-state index in [2.05, 4.69) is 17.2 Å². The molecule has 0 fully saturated rings. The lowest BCUT2D eigenvalue weighted by Gasteiger charge is -1.95. The summed E-state index contributed by atoms with van der Waals surface area (Å²) in [4.78, 5) is 0. The minimum absolute atomic E-state index is 0.722. The summed E-state index contributed by atoms with van der Waals surface area (Å²) in [5.74, 6) is 0.911. The van der Waals surface area contributed by atoms with Crippen LogP contribution in [0.4, 0.5) is 0 Å². The minimum atomic E-state index is 0.722. The van der Waals surface area contributed by atoms with Gasteiger partial charge in [-0.25, -0.2) is 0 Å². The molecule has 2 aromatic heterocycles. The van der Waals surface area contributed by atoms with Crippen molar-refractivity contribution in [2.24, 2.45) is 7.05 Å². The second kappa shape index (κ2) is 3.53. The molecule has 0 radical (unpaired) electrons. The highest BCUT2D eigenvalue weighted by molar-refractivity contribution is 5.26. The first-order valence-electron chi connectivity index (χ1n) is 4.99. The zero-order chi connectivity index (χ0) is 11.0. The van der Waals surface area contributed by atoms with Crippen LogP contribution in [0.15, 0.2) is 10.7 Å². The maximum absolute atomic E-state index is 5.26. The highest BCUT2D eigenvalue weighted by atomic mass is 16.5. The van der Waals surface area contributed by atoms with E-state index < -0.39 is 0 Å². The van der Waals surface area contributed by atoms with Crippen molar-refractivity contribution in [2.75, 3.05) is 0 Å². The third kappa shape index (κ3) is 1.79. The van der Waals surface area contributed by atoms with Gasteiger partial charge in [0.1, 0.15) is 5.76 Å². The summed E-state index contributed by atoms with van der Waals surface area (Å²) in [5.41, 5.74) is 4.32. The molecule has 2 rings (SSSR count). The first-order chi connectivity index (χ1) is 7.08. The van der Waals surface area contributed by atoms with Crippen molar-refractivity contribution < 1.29 is 4.52 Å². The Morgan fingerprint density at radius 3 is 2.53 bits per heavy atom. The van der Waals surface area contributed by atoms with E-state index in [9.17, 15) is 0 Å². The first kappa shape index (κ1) is 9.96. The van der Waals surface area contributed by atoms with Crippen LogP contribution in [0.3, 0.4) is 0 Å². The van der Waals surface area contributed by atoms with Crippen molar-refractivity contribution in [3.8, 4) is 0 Å². The zero-order valence-corrected chi connectivity index (χ0v) is 9.53. The monoisotopic (exact) mass is 205 g/mol. The van der Waals surface area contributed by atoms with E-state index in [0.29, 0.717) is 0 Å². The van der Waals surface area contributed by atoms with Gasteiger partial charge in [-0.3, -0.25) is 4.68 Å². The lowest BCUT2D eigenvalue weighted by Crippen LogP contribution is -1.94. The Labute approximate surface area is 88.9 Å². The predicted octanol–water partition coefficient (Wildman–Crippen LogP) is 1.92. The maximum Gasteiger partial charge on any atom is 0.145 e. The summed E-state index contributed by atoms with van der Waals surface area (Å²) in [7, 11) is 1.93. The highest BCUT2D eigenvalue weighted by Gasteiger charge is 2.12. The van der Waals surface area contributed by atoms with Gasteiger partial charge in [-0.2, -0.15) is 5.10 Å². The fraction of sp³-hybridized carbons (Fsp3) is 0.455. The zero-order valence-electron chi connectivity index (χ0n) is 9.53. The minimum Gasteiger partial charge on any atom is -0.360 e. The molecule has 0 spiro atoms. The second-order valence-corrected chi connectivity index (χ2v) is 3.93. The average Bonchev–Trinajstić information content (AvgIpc) is 2.64. The summed E-state index contributed by atoms with van der Waals surface area (Å²) in [6.07, 6.45) is 2.73.